The molecule has 0 unspecified atom stereocenters. The van der Waals surface area contributed by atoms with Crippen LogP contribution in [0.15, 0.2) is 0 Å². The van der Waals surface area contributed by atoms with Gasteiger partial charge in [-0.05, 0) is 52.1 Å². The number of nitrogens with one attached hydrogen (secondary N) is 1. The molecular weight excluding hydrogens is 264 g/mol. The van der Waals surface area contributed by atoms with E-state index in [1.165, 1.54) is 0 Å². The van der Waals surface area contributed by atoms with E-state index in [2.05, 4.69) is 31.0 Å². The third-order valence-corrected chi connectivity index (χ3v) is 5.93. The first-order valence-electron chi connectivity index (χ1n) is 8.69. The molecule has 2 rings (SSSR count). The summed E-state index contributed by atoms with van der Waals surface area (Å²) in [5.41, 5.74) is 0.160. The molecule has 1 amide bonds. The van der Waals surface area contributed by atoms with Crippen molar-refractivity contribution in [3.05, 3.63) is 0 Å². The van der Waals surface area contributed by atoms with Crippen LogP contribution in [0.1, 0.15) is 52.9 Å². The summed E-state index contributed by atoms with van der Waals surface area (Å²) in [4.78, 5) is 14.8. The van der Waals surface area contributed by atoms with Gasteiger partial charge < -0.3 is 15.0 Å². The van der Waals surface area contributed by atoms with Gasteiger partial charge in [0, 0.05) is 31.0 Å². The monoisotopic (exact) mass is 296 g/mol. The molecule has 0 aromatic rings. The Bertz CT molecular complexity index is 349. The molecule has 21 heavy (non-hydrogen) atoms. The highest BCUT2D eigenvalue weighted by Gasteiger charge is 2.56. The van der Waals surface area contributed by atoms with Crippen LogP contribution >= 0.6 is 0 Å². The highest BCUT2D eigenvalue weighted by Crippen LogP contribution is 2.51. The number of nitrogens with zero attached hydrogens (tertiary/aromatic N) is 1. The number of carbonyl (C=O) groups excluding carboxylic acids is 1. The zero-order chi connectivity index (χ0) is 15.5. The van der Waals surface area contributed by atoms with E-state index in [1.807, 2.05) is 7.05 Å². The molecule has 2 atom stereocenters. The van der Waals surface area contributed by atoms with Crippen molar-refractivity contribution in [1.29, 1.82) is 0 Å². The van der Waals surface area contributed by atoms with Crippen LogP contribution < -0.4 is 5.32 Å². The number of piperidine rings is 1. The second kappa shape index (κ2) is 7.10. The molecular formula is C17H32N2O2. The molecule has 1 saturated heterocycles. The molecule has 4 nitrogen and oxygen atoms in total. The second-order valence-corrected chi connectivity index (χ2v) is 6.61. The van der Waals surface area contributed by atoms with E-state index in [1.54, 1.807) is 0 Å². The topological polar surface area (TPSA) is 41.6 Å². The number of rotatable bonds is 6. The van der Waals surface area contributed by atoms with Crippen molar-refractivity contribution in [3.8, 4) is 0 Å². The summed E-state index contributed by atoms with van der Waals surface area (Å²) in [6.45, 7) is 9.26. The fourth-order valence-corrected chi connectivity index (χ4v) is 4.39. The van der Waals surface area contributed by atoms with Crippen LogP contribution in [-0.4, -0.2) is 49.7 Å². The number of carbonyl (C=O) groups is 1. The van der Waals surface area contributed by atoms with E-state index < -0.39 is 0 Å². The minimum Gasteiger partial charge on any atom is -0.378 e. The molecule has 0 bridgehead atoms. The lowest BCUT2D eigenvalue weighted by molar-refractivity contribution is -0.179. The van der Waals surface area contributed by atoms with Crippen molar-refractivity contribution < 1.29 is 9.53 Å². The third kappa shape index (κ3) is 2.98. The van der Waals surface area contributed by atoms with E-state index in [0.717, 1.165) is 51.8 Å². The molecule has 1 heterocycles. The molecule has 1 saturated carbocycles. The molecule has 2 fully saturated rings. The summed E-state index contributed by atoms with van der Waals surface area (Å²) in [5.74, 6) is 0.566. The van der Waals surface area contributed by atoms with Crippen LogP contribution in [0.4, 0.5) is 0 Å². The summed E-state index contributed by atoms with van der Waals surface area (Å²) in [5, 5.41) is 3.34. The lowest BCUT2D eigenvalue weighted by Crippen LogP contribution is -2.65. The van der Waals surface area contributed by atoms with Crippen LogP contribution in [0.5, 0.6) is 0 Å². The van der Waals surface area contributed by atoms with E-state index in [9.17, 15) is 4.79 Å². The van der Waals surface area contributed by atoms with E-state index in [0.29, 0.717) is 18.1 Å². The number of ether oxygens (including phenoxy) is 1. The number of hydrogen-bond acceptors (Lipinski definition) is 3. The zero-order valence-electron chi connectivity index (χ0n) is 14.2. The van der Waals surface area contributed by atoms with Gasteiger partial charge in [-0.25, -0.2) is 0 Å². The smallest absolute Gasteiger partial charge is 0.225 e. The first-order chi connectivity index (χ1) is 10.1. The normalized spacial score (nSPS) is 29.0. The molecule has 1 aliphatic carbocycles. The predicted molar refractivity (Wildman–Crippen MR) is 85.2 cm³/mol. The molecule has 0 aromatic carbocycles. The maximum absolute atomic E-state index is 12.8. The fourth-order valence-electron chi connectivity index (χ4n) is 4.39. The van der Waals surface area contributed by atoms with Crippen molar-refractivity contribution in [1.82, 2.24) is 10.2 Å². The standard InChI is InChI=1S/C17H32N2O2/c1-5-17(6-2)14(12-15(17)21-7-3)19(4)16(20)13-8-10-18-11-9-13/h13-15,18H,5-12H2,1-4H3/t14-,15-/m0/s1. The largest absolute Gasteiger partial charge is 0.378 e. The average molecular weight is 296 g/mol. The van der Waals surface area contributed by atoms with E-state index in [4.69, 9.17) is 4.74 Å². The summed E-state index contributed by atoms with van der Waals surface area (Å²) >= 11 is 0. The van der Waals surface area contributed by atoms with Crippen molar-refractivity contribution in [3.63, 3.8) is 0 Å². The molecule has 0 radical (unpaired) electrons. The Labute approximate surface area is 129 Å². The number of hydrogen-bond donors (Lipinski definition) is 1. The van der Waals surface area contributed by atoms with Crippen molar-refractivity contribution >= 4 is 5.91 Å². The van der Waals surface area contributed by atoms with Gasteiger partial charge in [0.25, 0.3) is 0 Å². The van der Waals surface area contributed by atoms with Gasteiger partial charge in [0.05, 0.1) is 6.10 Å². The highest BCUT2D eigenvalue weighted by atomic mass is 16.5. The van der Waals surface area contributed by atoms with Crippen LogP contribution in [0.3, 0.4) is 0 Å². The van der Waals surface area contributed by atoms with Gasteiger partial charge in [0.15, 0.2) is 0 Å². The van der Waals surface area contributed by atoms with Gasteiger partial charge in [-0.2, -0.15) is 0 Å². The third-order valence-electron chi connectivity index (χ3n) is 5.93. The predicted octanol–water partition coefficient (Wildman–Crippen LogP) is 2.43. The van der Waals surface area contributed by atoms with Crippen LogP contribution in [0, 0.1) is 11.3 Å². The van der Waals surface area contributed by atoms with Gasteiger partial charge >= 0.3 is 0 Å². The van der Waals surface area contributed by atoms with Gasteiger partial charge in [-0.3, -0.25) is 4.79 Å². The Balaban J connectivity index is 2.04. The summed E-state index contributed by atoms with van der Waals surface area (Å²) in [6.07, 6.45) is 5.46. The Kier molecular flexibility index (Phi) is 5.67. The summed E-state index contributed by atoms with van der Waals surface area (Å²) < 4.78 is 5.93. The van der Waals surface area contributed by atoms with Crippen LogP contribution in [-0.2, 0) is 9.53 Å². The Morgan fingerprint density at radius 2 is 1.86 bits per heavy atom. The van der Waals surface area contributed by atoms with Gasteiger partial charge in [-0.1, -0.05) is 13.8 Å². The fraction of sp³-hybridized carbons (Fsp3) is 0.941. The maximum Gasteiger partial charge on any atom is 0.225 e. The van der Waals surface area contributed by atoms with Crippen LogP contribution in [0.2, 0.25) is 0 Å². The number of amides is 1. The Morgan fingerprint density at radius 1 is 1.24 bits per heavy atom. The zero-order valence-corrected chi connectivity index (χ0v) is 14.2. The van der Waals surface area contributed by atoms with Crippen molar-refractivity contribution in [2.75, 3.05) is 26.7 Å². The molecule has 122 valence electrons. The Morgan fingerprint density at radius 3 is 2.38 bits per heavy atom. The van der Waals surface area contributed by atoms with Crippen LogP contribution in [0.25, 0.3) is 0 Å². The lowest BCUT2D eigenvalue weighted by atomic mass is 9.58. The minimum absolute atomic E-state index is 0.160. The Hall–Kier alpha value is -0.610. The highest BCUT2D eigenvalue weighted by molar-refractivity contribution is 5.79. The first-order valence-corrected chi connectivity index (χ1v) is 8.69. The van der Waals surface area contributed by atoms with Gasteiger partial charge in [0.2, 0.25) is 5.91 Å². The molecule has 2 aliphatic rings. The lowest BCUT2D eigenvalue weighted by Gasteiger charge is -2.58. The maximum atomic E-state index is 12.8. The van der Waals surface area contributed by atoms with E-state index >= 15 is 0 Å². The molecule has 4 heteroatoms. The molecule has 1 N–H and O–H groups in total. The summed E-state index contributed by atoms with van der Waals surface area (Å²) in [7, 11) is 2.01. The van der Waals surface area contributed by atoms with Gasteiger partial charge in [-0.15, -0.1) is 0 Å². The molecule has 0 spiro atoms. The SMILES string of the molecule is CCO[C@H]1C[C@H](N(C)C(=O)C2CCNCC2)C1(CC)CC. The quantitative estimate of drug-likeness (QED) is 0.818. The minimum atomic E-state index is 0.160. The summed E-state index contributed by atoms with van der Waals surface area (Å²) in [6, 6.07) is 0.353. The molecule has 1 aliphatic heterocycles. The average Bonchev–Trinajstić information content (AvgIpc) is 2.52. The second-order valence-electron chi connectivity index (χ2n) is 6.61. The van der Waals surface area contributed by atoms with Gasteiger partial charge in [0.1, 0.15) is 0 Å². The van der Waals surface area contributed by atoms with Crippen molar-refractivity contribution in [2.24, 2.45) is 11.3 Å². The van der Waals surface area contributed by atoms with Crippen molar-refractivity contribution in [2.45, 2.75) is 65.0 Å². The first kappa shape index (κ1) is 16.8. The molecule has 0 aromatic heterocycles. The van der Waals surface area contributed by atoms with E-state index in [-0.39, 0.29) is 11.3 Å².